The van der Waals surface area contributed by atoms with Gasteiger partial charge in [0, 0.05) is 17.6 Å². The van der Waals surface area contributed by atoms with E-state index in [0.717, 1.165) is 12.8 Å². The van der Waals surface area contributed by atoms with Gasteiger partial charge in [0.25, 0.3) is 5.56 Å². The molecule has 0 saturated heterocycles. The van der Waals surface area contributed by atoms with Gasteiger partial charge in [0.05, 0.1) is 16.7 Å². The minimum Gasteiger partial charge on any atom is -0.353 e. The molecule has 1 unspecified atom stereocenters. The van der Waals surface area contributed by atoms with Crippen LogP contribution in [0.25, 0.3) is 10.9 Å². The molecule has 0 spiro atoms. The highest BCUT2D eigenvalue weighted by Crippen LogP contribution is 2.20. The van der Waals surface area contributed by atoms with Crippen molar-refractivity contribution in [2.45, 2.75) is 44.4 Å². The lowest BCUT2D eigenvalue weighted by molar-refractivity contribution is -0.119. The molecule has 1 atom stereocenters. The molecule has 5 nitrogen and oxygen atoms in total. The minimum atomic E-state index is -0.163. The molecule has 2 rings (SSSR count). The zero-order valence-electron chi connectivity index (χ0n) is 14.4. The van der Waals surface area contributed by atoms with Gasteiger partial charge >= 0.3 is 0 Å². The van der Waals surface area contributed by atoms with E-state index < -0.39 is 0 Å². The average molecular weight is 380 g/mol. The molecule has 0 radical (unpaired) electrons. The van der Waals surface area contributed by atoms with Gasteiger partial charge in [-0.3, -0.25) is 14.2 Å². The van der Waals surface area contributed by atoms with Crippen LogP contribution in [0.3, 0.4) is 0 Å². The maximum atomic E-state index is 12.7. The first-order valence-electron chi connectivity index (χ1n) is 8.19. The molecule has 0 aliphatic carbocycles. The van der Waals surface area contributed by atoms with E-state index in [0.29, 0.717) is 27.6 Å². The standard InChI is InChI=1S/C18H22ClN3O2S/c1-4-6-12(3)20-16(23)11-25-18-21-15-10-13(19)7-8-14(15)17(24)22(18)9-5-2/h5,7-8,10,12H,2,4,6,9,11H2,1,3H3,(H,20,23). The van der Waals surface area contributed by atoms with Crippen molar-refractivity contribution in [1.29, 1.82) is 0 Å². The van der Waals surface area contributed by atoms with Crippen molar-refractivity contribution in [3.05, 3.63) is 46.2 Å². The summed E-state index contributed by atoms with van der Waals surface area (Å²) in [6.07, 6.45) is 3.59. The van der Waals surface area contributed by atoms with Crippen LogP contribution >= 0.6 is 23.4 Å². The summed E-state index contributed by atoms with van der Waals surface area (Å²) in [5, 5.41) is 4.44. The monoisotopic (exact) mass is 379 g/mol. The first-order chi connectivity index (χ1) is 12.0. The lowest BCUT2D eigenvalue weighted by Gasteiger charge is -2.14. The minimum absolute atomic E-state index is 0.0726. The van der Waals surface area contributed by atoms with E-state index in [1.165, 1.54) is 16.3 Å². The van der Waals surface area contributed by atoms with Crippen LogP contribution < -0.4 is 10.9 Å². The third kappa shape index (κ3) is 5.09. The Morgan fingerprint density at radius 3 is 2.96 bits per heavy atom. The number of nitrogens with zero attached hydrogens (tertiary/aromatic N) is 2. The van der Waals surface area contributed by atoms with Gasteiger partial charge in [-0.2, -0.15) is 0 Å². The van der Waals surface area contributed by atoms with Crippen LogP contribution in [0.2, 0.25) is 5.02 Å². The van der Waals surface area contributed by atoms with Gasteiger partial charge < -0.3 is 5.32 Å². The van der Waals surface area contributed by atoms with Crippen LogP contribution in [0, 0.1) is 0 Å². The average Bonchev–Trinajstić information content (AvgIpc) is 2.56. The molecular formula is C18H22ClN3O2S. The predicted octanol–water partition coefficient (Wildman–Crippen LogP) is 3.63. The van der Waals surface area contributed by atoms with Crippen molar-refractivity contribution in [1.82, 2.24) is 14.9 Å². The summed E-state index contributed by atoms with van der Waals surface area (Å²) in [6.45, 7) is 8.09. The van der Waals surface area contributed by atoms with Gasteiger partial charge in [-0.1, -0.05) is 42.8 Å². The molecule has 1 N–H and O–H groups in total. The molecule has 0 bridgehead atoms. The highest BCUT2D eigenvalue weighted by Gasteiger charge is 2.14. The number of nitrogens with one attached hydrogen (secondary N) is 1. The maximum absolute atomic E-state index is 12.7. The zero-order chi connectivity index (χ0) is 18.4. The van der Waals surface area contributed by atoms with Crippen molar-refractivity contribution >= 4 is 40.2 Å². The van der Waals surface area contributed by atoms with E-state index >= 15 is 0 Å². The number of rotatable bonds is 8. The van der Waals surface area contributed by atoms with Gasteiger partial charge in [-0.05, 0) is 31.5 Å². The molecular weight excluding hydrogens is 358 g/mol. The van der Waals surface area contributed by atoms with Gasteiger partial charge in [0.15, 0.2) is 5.16 Å². The van der Waals surface area contributed by atoms with Crippen molar-refractivity contribution in [3.8, 4) is 0 Å². The molecule has 0 aliphatic heterocycles. The third-order valence-electron chi connectivity index (χ3n) is 3.66. The van der Waals surface area contributed by atoms with Gasteiger partial charge in [0.2, 0.25) is 5.91 Å². The van der Waals surface area contributed by atoms with Gasteiger partial charge in [0.1, 0.15) is 0 Å². The van der Waals surface area contributed by atoms with Crippen molar-refractivity contribution < 1.29 is 4.79 Å². The zero-order valence-corrected chi connectivity index (χ0v) is 16.0. The molecule has 0 aliphatic rings. The number of fused-ring (bicyclic) bond motifs is 1. The van der Waals surface area contributed by atoms with Crippen LogP contribution in [0.1, 0.15) is 26.7 Å². The number of carbonyl (C=O) groups excluding carboxylic acids is 1. The highest BCUT2D eigenvalue weighted by molar-refractivity contribution is 7.99. The second-order valence-corrected chi connectivity index (χ2v) is 7.19. The molecule has 1 heterocycles. The lowest BCUT2D eigenvalue weighted by Crippen LogP contribution is -2.34. The molecule has 25 heavy (non-hydrogen) atoms. The maximum Gasteiger partial charge on any atom is 0.262 e. The van der Waals surface area contributed by atoms with Crippen molar-refractivity contribution in [3.63, 3.8) is 0 Å². The Labute approximate surface area is 156 Å². The quantitative estimate of drug-likeness (QED) is 0.432. The number of benzene rings is 1. The number of hydrogen-bond donors (Lipinski definition) is 1. The second-order valence-electron chi connectivity index (χ2n) is 5.81. The summed E-state index contributed by atoms with van der Waals surface area (Å²) in [4.78, 5) is 29.3. The second kappa shape index (κ2) is 9.06. The summed E-state index contributed by atoms with van der Waals surface area (Å²) in [6, 6.07) is 5.13. The van der Waals surface area contributed by atoms with E-state index in [1.54, 1.807) is 24.3 Å². The first-order valence-corrected chi connectivity index (χ1v) is 9.55. The number of aromatic nitrogens is 2. The Bertz CT molecular complexity index is 835. The van der Waals surface area contributed by atoms with E-state index in [-0.39, 0.29) is 23.3 Å². The highest BCUT2D eigenvalue weighted by atomic mass is 35.5. The number of carbonyl (C=O) groups is 1. The van der Waals surface area contributed by atoms with Crippen molar-refractivity contribution in [2.24, 2.45) is 0 Å². The molecule has 2 aromatic rings. The fourth-order valence-corrected chi connectivity index (χ4v) is 3.51. The van der Waals surface area contributed by atoms with Crippen molar-refractivity contribution in [2.75, 3.05) is 5.75 Å². The molecule has 7 heteroatoms. The topological polar surface area (TPSA) is 64.0 Å². The third-order valence-corrected chi connectivity index (χ3v) is 4.87. The lowest BCUT2D eigenvalue weighted by atomic mass is 10.2. The van der Waals surface area contributed by atoms with Crippen LogP contribution in [-0.4, -0.2) is 27.3 Å². The van der Waals surface area contributed by atoms with Crippen LogP contribution in [-0.2, 0) is 11.3 Å². The molecule has 1 amide bonds. The molecule has 0 saturated carbocycles. The SMILES string of the molecule is C=CCn1c(SCC(=O)NC(C)CCC)nc2cc(Cl)ccc2c1=O. The van der Waals surface area contributed by atoms with E-state index in [4.69, 9.17) is 11.6 Å². The van der Waals surface area contributed by atoms with Gasteiger partial charge in [-0.15, -0.1) is 6.58 Å². The van der Waals surface area contributed by atoms with Crippen LogP contribution in [0.15, 0.2) is 40.8 Å². The number of hydrogen-bond acceptors (Lipinski definition) is 4. The van der Waals surface area contributed by atoms with Gasteiger partial charge in [-0.25, -0.2) is 4.98 Å². The number of allylic oxidation sites excluding steroid dienone is 1. The number of halogens is 1. The van der Waals surface area contributed by atoms with Crippen LogP contribution in [0.5, 0.6) is 0 Å². The first kappa shape index (κ1) is 19.5. The Balaban J connectivity index is 2.26. The Hall–Kier alpha value is -1.79. The molecule has 0 fully saturated rings. The van der Waals surface area contributed by atoms with E-state index in [9.17, 15) is 9.59 Å². The summed E-state index contributed by atoms with van der Waals surface area (Å²) < 4.78 is 1.52. The Morgan fingerprint density at radius 1 is 1.52 bits per heavy atom. The van der Waals surface area contributed by atoms with E-state index in [2.05, 4.69) is 23.8 Å². The summed E-state index contributed by atoms with van der Waals surface area (Å²) >= 11 is 7.24. The number of thioether (sulfide) groups is 1. The summed E-state index contributed by atoms with van der Waals surface area (Å²) in [5.41, 5.74) is 0.365. The number of amides is 1. The normalized spacial score (nSPS) is 12.1. The van der Waals surface area contributed by atoms with E-state index in [1.807, 2.05) is 6.92 Å². The molecule has 1 aromatic heterocycles. The summed E-state index contributed by atoms with van der Waals surface area (Å²) in [5.74, 6) is 0.125. The smallest absolute Gasteiger partial charge is 0.262 e. The molecule has 134 valence electrons. The summed E-state index contributed by atoms with van der Waals surface area (Å²) in [7, 11) is 0. The fraction of sp³-hybridized carbons (Fsp3) is 0.389. The fourth-order valence-electron chi connectivity index (χ4n) is 2.53. The predicted molar refractivity (Wildman–Crippen MR) is 104 cm³/mol. The molecule has 1 aromatic carbocycles. The Morgan fingerprint density at radius 2 is 2.28 bits per heavy atom. The Kier molecular flexibility index (Phi) is 7.08. The van der Waals surface area contributed by atoms with Crippen LogP contribution in [0.4, 0.5) is 0 Å². The largest absolute Gasteiger partial charge is 0.353 e.